The molecule has 0 saturated carbocycles. The van der Waals surface area contributed by atoms with Crippen molar-refractivity contribution < 1.29 is 39.6 Å². The second-order valence-electron chi connectivity index (χ2n) is 0. The van der Waals surface area contributed by atoms with E-state index in [2.05, 4.69) is 13.2 Å². The van der Waals surface area contributed by atoms with Crippen molar-refractivity contribution in [1.29, 1.82) is 0 Å². The van der Waals surface area contributed by atoms with Crippen LogP contribution in [0, 0.1) is 21.4 Å². The van der Waals surface area contributed by atoms with Crippen molar-refractivity contribution in [2.45, 2.75) is 0 Å². The van der Waals surface area contributed by atoms with Crippen LogP contribution in [0.25, 0.3) is 0 Å². The number of hydrogen-bond donors (Lipinski definition) is 0. The van der Waals surface area contributed by atoms with Gasteiger partial charge in [-0.1, -0.05) is 0 Å². The zero-order valence-corrected chi connectivity index (χ0v) is 8.47. The molecule has 1 radical (unpaired) electrons. The second-order valence-corrected chi connectivity index (χ2v) is 0. The summed E-state index contributed by atoms with van der Waals surface area (Å²) in [7, 11) is 0. The molecule has 0 aliphatic carbocycles. The second kappa shape index (κ2) is 147. The van der Waals surface area contributed by atoms with Crippen molar-refractivity contribution in [3.63, 3.8) is 0 Å². The van der Waals surface area contributed by atoms with E-state index < -0.39 is 0 Å². The minimum Gasteiger partial charge on any atom is -0.521 e. The summed E-state index contributed by atoms with van der Waals surface area (Å²) in [6, 6.07) is 0. The number of rotatable bonds is 0. The molecule has 2 heteroatoms. The van der Waals surface area contributed by atoms with Gasteiger partial charge in [0.1, 0.15) is 0 Å². The molecule has 0 aromatic rings. The Morgan fingerprint density at radius 1 is 1.00 bits per heavy atom. The van der Waals surface area contributed by atoms with Gasteiger partial charge < -0.3 is 21.4 Å². The van der Waals surface area contributed by atoms with Crippen LogP contribution in [-0.2, 0) is 39.6 Å². The van der Waals surface area contributed by atoms with Gasteiger partial charge in [0.25, 0.3) is 0 Å². The molecule has 6 heavy (non-hydrogen) atoms. The largest absolute Gasteiger partial charge is 2.00 e. The summed E-state index contributed by atoms with van der Waals surface area (Å²) in [6.45, 7) is 7.00. The van der Waals surface area contributed by atoms with Gasteiger partial charge in [0.2, 0.25) is 0 Å². The fourth-order valence-electron chi connectivity index (χ4n) is 0. The van der Waals surface area contributed by atoms with Crippen LogP contribution in [0.15, 0.2) is 6.58 Å². The van der Waals surface area contributed by atoms with E-state index in [1.165, 1.54) is 0 Å². The van der Waals surface area contributed by atoms with Crippen LogP contribution in [0.4, 0.5) is 0 Å². The molecule has 0 aliphatic heterocycles. The molecule has 0 saturated heterocycles. The Kier molecular flexibility index (Phi) is 1540. The molecule has 37 valence electrons. The third-order valence-electron chi connectivity index (χ3n) is 0. The molecule has 0 aromatic heterocycles. The predicted octanol–water partition coefficient (Wildman–Crippen LogP) is 1.50. The van der Waals surface area contributed by atoms with Crippen LogP contribution in [0.3, 0.4) is 0 Å². The fraction of sp³-hybridized carbons (Fsp3) is 0. The van der Waals surface area contributed by atoms with E-state index >= 15 is 0 Å². The average molecular weight is 292 g/mol. The van der Waals surface area contributed by atoms with E-state index in [0.717, 1.165) is 0 Å². The Hall–Kier alpha value is 1.01. The molecule has 0 heterocycles. The van der Waals surface area contributed by atoms with Gasteiger partial charge in [-0.25, -0.2) is 0 Å². The maximum absolute atomic E-state index is 4.25. The zero-order chi connectivity index (χ0) is 2.00. The molecule has 0 bridgehead atoms. The third-order valence-corrected chi connectivity index (χ3v) is 0. The Morgan fingerprint density at radius 2 is 1.00 bits per heavy atom. The topological polar surface area (TPSA) is 0 Å². The Morgan fingerprint density at radius 3 is 1.00 bits per heavy atom. The Balaban J connectivity index is -0.000000000833. The molecule has 0 atom stereocenters. The van der Waals surface area contributed by atoms with Crippen molar-refractivity contribution >= 4 is 0 Å². The zero-order valence-electron chi connectivity index (χ0n) is 4.14. The average Bonchev–Trinajstić information content (AvgIpc) is 1.00. The molecule has 0 amide bonds. The normalized spacial score (nSPS) is 0.667. The maximum Gasteiger partial charge on any atom is 2.00 e. The summed E-state index contributed by atoms with van der Waals surface area (Å²) >= 11 is 0. The summed E-state index contributed by atoms with van der Waals surface area (Å²) in [5.74, 6) is 0. The molecule has 0 spiro atoms. The summed E-state index contributed by atoms with van der Waals surface area (Å²) < 4.78 is 0. The monoisotopic (exact) mass is 292 g/mol. The molecular weight excluding hydrogens is 283 g/mol. The molecule has 0 aliphatic rings. The smallest absolute Gasteiger partial charge is 0.521 e. The van der Waals surface area contributed by atoms with Gasteiger partial charge >= 0.3 is 18.6 Å². The van der Waals surface area contributed by atoms with Crippen molar-refractivity contribution in [3.05, 3.63) is 28.0 Å². The maximum atomic E-state index is 4.25. The van der Waals surface area contributed by atoms with Gasteiger partial charge in [0, 0.05) is 21.1 Å². The van der Waals surface area contributed by atoms with Crippen LogP contribution in [0.1, 0.15) is 0 Å². The summed E-state index contributed by atoms with van der Waals surface area (Å²) in [5, 5.41) is 0. The van der Waals surface area contributed by atoms with E-state index in [1.807, 2.05) is 0 Å². The van der Waals surface area contributed by atoms with Crippen LogP contribution in [0.5, 0.6) is 0 Å². The summed E-state index contributed by atoms with van der Waals surface area (Å²) in [4.78, 5) is 0. The van der Waals surface area contributed by atoms with Gasteiger partial charge in [0.05, 0.1) is 0 Å². The first kappa shape index (κ1) is 62.6. The first-order chi connectivity index (χ1) is 1.00. The van der Waals surface area contributed by atoms with Gasteiger partial charge in [-0.2, -0.15) is 0 Å². The van der Waals surface area contributed by atoms with Gasteiger partial charge in [-0.15, -0.1) is 0 Å². The minimum atomic E-state index is 0. The van der Waals surface area contributed by atoms with Crippen molar-refractivity contribution in [2.75, 3.05) is 0 Å². The minimum absolute atomic E-state index is 0. The molecule has 0 N–H and O–H groups in total. The molecular formula is C4H9VW-. The summed E-state index contributed by atoms with van der Waals surface area (Å²) in [5.41, 5.74) is 0. The Bertz CT molecular complexity index is 7.51. The number of hydrogen-bond acceptors (Lipinski definition) is 0. The van der Waals surface area contributed by atoms with Crippen LogP contribution in [-0.4, -0.2) is 0 Å². The quantitative estimate of drug-likeness (QED) is 0.594. The van der Waals surface area contributed by atoms with Crippen LogP contribution < -0.4 is 0 Å². The molecule has 0 rings (SSSR count). The van der Waals surface area contributed by atoms with Crippen molar-refractivity contribution in [3.8, 4) is 0 Å². The van der Waals surface area contributed by atoms with Gasteiger partial charge in [0.15, 0.2) is 0 Å². The van der Waals surface area contributed by atoms with Crippen LogP contribution >= 0.6 is 0 Å². The first-order valence-corrected chi connectivity index (χ1v) is 0.408. The van der Waals surface area contributed by atoms with Gasteiger partial charge in [-0.3, -0.25) is 6.58 Å². The molecule has 0 fully saturated rings. The fourth-order valence-corrected chi connectivity index (χ4v) is 0. The molecule has 0 unspecified atom stereocenters. The third kappa shape index (κ3) is 78.7. The van der Waals surface area contributed by atoms with E-state index in [-0.39, 0.29) is 54.5 Å². The van der Waals surface area contributed by atoms with Crippen molar-refractivity contribution in [2.24, 2.45) is 0 Å². The standard InChI is InChI=1S/C2H3.2CH3.V.W/c1-2;;;;/h1H,2H2;2*1H3;;/q3*-1;+2;. The van der Waals surface area contributed by atoms with E-state index in [1.54, 1.807) is 0 Å². The molecule has 0 nitrogen and oxygen atoms in total. The van der Waals surface area contributed by atoms with Crippen molar-refractivity contribution in [1.82, 2.24) is 0 Å². The van der Waals surface area contributed by atoms with E-state index in [4.69, 9.17) is 0 Å². The molecule has 0 aromatic carbocycles. The van der Waals surface area contributed by atoms with Gasteiger partial charge in [-0.05, 0) is 0 Å². The van der Waals surface area contributed by atoms with Crippen LogP contribution in [0.2, 0.25) is 0 Å². The van der Waals surface area contributed by atoms with E-state index in [0.29, 0.717) is 0 Å². The SMILES string of the molecule is [CH-]=C.[CH3-].[CH3-].[V+2].[W]. The Labute approximate surface area is 67.6 Å². The first-order valence-electron chi connectivity index (χ1n) is 0.408. The summed E-state index contributed by atoms with van der Waals surface area (Å²) in [6.07, 6.45) is 0. The van der Waals surface area contributed by atoms with E-state index in [9.17, 15) is 0 Å². The predicted molar refractivity (Wildman–Crippen MR) is 22.8 cm³/mol.